The van der Waals surface area contributed by atoms with Crippen LogP contribution in [0.3, 0.4) is 0 Å². The Kier molecular flexibility index (Phi) is 4.90. The molecule has 1 aromatic heterocycles. The largest absolute Gasteiger partial charge is 0.370 e. The van der Waals surface area contributed by atoms with Crippen molar-refractivity contribution in [2.24, 2.45) is 11.5 Å². The molecule has 1 amide bonds. The van der Waals surface area contributed by atoms with Gasteiger partial charge < -0.3 is 22.1 Å². The molecule has 1 saturated carbocycles. The van der Waals surface area contributed by atoms with E-state index in [-0.39, 0.29) is 0 Å². The Bertz CT molecular complexity index is 729. The molecule has 0 bridgehead atoms. The highest BCUT2D eigenvalue weighted by Gasteiger charge is 2.27. The maximum atomic E-state index is 11.3. The smallest absolute Gasteiger partial charge is 0.248 e. The van der Waals surface area contributed by atoms with Gasteiger partial charge >= 0.3 is 0 Å². The topological polar surface area (TPSA) is 119 Å². The summed E-state index contributed by atoms with van der Waals surface area (Å²) in [5.74, 6) is 1.43. The number of nitrogens with two attached hydrogens (primary N) is 2. The van der Waals surface area contributed by atoms with Crippen LogP contribution in [0.25, 0.3) is 0 Å². The second kappa shape index (κ2) is 7.27. The van der Waals surface area contributed by atoms with E-state index in [0.29, 0.717) is 24.0 Å². The molecule has 24 heavy (non-hydrogen) atoms. The van der Waals surface area contributed by atoms with Gasteiger partial charge in [-0.2, -0.15) is 4.98 Å². The molecule has 1 aromatic carbocycles. The molecule has 0 spiro atoms. The van der Waals surface area contributed by atoms with E-state index in [4.69, 9.17) is 11.5 Å². The predicted molar refractivity (Wildman–Crippen MR) is 94.4 cm³/mol. The fourth-order valence-electron chi connectivity index (χ4n) is 2.47. The van der Waals surface area contributed by atoms with E-state index >= 15 is 0 Å². The summed E-state index contributed by atoms with van der Waals surface area (Å²) in [7, 11) is 0. The fourth-order valence-corrected chi connectivity index (χ4v) is 2.47. The van der Waals surface area contributed by atoms with Gasteiger partial charge in [0.05, 0.1) is 0 Å². The predicted octanol–water partition coefficient (Wildman–Crippen LogP) is 1.96. The van der Waals surface area contributed by atoms with Crippen LogP contribution in [0.1, 0.15) is 41.1 Å². The Labute approximate surface area is 140 Å². The molecule has 0 saturated heterocycles. The van der Waals surface area contributed by atoms with Gasteiger partial charge in [-0.3, -0.25) is 4.79 Å². The van der Waals surface area contributed by atoms with Gasteiger partial charge in [0.15, 0.2) is 0 Å². The zero-order valence-corrected chi connectivity index (χ0v) is 13.5. The van der Waals surface area contributed by atoms with Gasteiger partial charge in [0, 0.05) is 29.6 Å². The van der Waals surface area contributed by atoms with Crippen LogP contribution >= 0.6 is 0 Å². The molecule has 7 heteroatoms. The van der Waals surface area contributed by atoms with Gasteiger partial charge in [-0.25, -0.2) is 4.98 Å². The SMILES string of the molecule is NCCCNc1nc(Nc2cccc(C(N)=O)c2)ncc1C1CC1. The minimum absolute atomic E-state index is 0.441. The zero-order chi connectivity index (χ0) is 16.9. The Hall–Kier alpha value is -2.67. The number of benzene rings is 1. The summed E-state index contributed by atoms with van der Waals surface area (Å²) < 4.78 is 0. The number of nitrogens with one attached hydrogen (secondary N) is 2. The van der Waals surface area contributed by atoms with Crippen LogP contribution in [0.15, 0.2) is 30.5 Å². The molecule has 1 fully saturated rings. The molecule has 1 aliphatic rings. The van der Waals surface area contributed by atoms with Crippen LogP contribution in [0.4, 0.5) is 17.5 Å². The third kappa shape index (κ3) is 3.99. The summed E-state index contributed by atoms with van der Waals surface area (Å²) in [5, 5.41) is 6.47. The van der Waals surface area contributed by atoms with Gasteiger partial charge in [-0.1, -0.05) is 6.07 Å². The molecule has 3 rings (SSSR count). The molecule has 1 aliphatic carbocycles. The van der Waals surface area contributed by atoms with Crippen molar-refractivity contribution in [3.05, 3.63) is 41.6 Å². The lowest BCUT2D eigenvalue weighted by molar-refractivity contribution is 0.100. The molecular weight excluding hydrogens is 304 g/mol. The van der Waals surface area contributed by atoms with Crippen molar-refractivity contribution < 1.29 is 4.79 Å². The van der Waals surface area contributed by atoms with E-state index in [0.717, 1.165) is 30.0 Å². The van der Waals surface area contributed by atoms with E-state index < -0.39 is 5.91 Å². The number of amides is 1. The molecule has 0 radical (unpaired) electrons. The third-order valence-corrected chi connectivity index (χ3v) is 3.91. The van der Waals surface area contributed by atoms with Crippen molar-refractivity contribution in [3.63, 3.8) is 0 Å². The number of hydrogen-bond acceptors (Lipinski definition) is 6. The number of hydrogen-bond donors (Lipinski definition) is 4. The van der Waals surface area contributed by atoms with E-state index in [1.165, 1.54) is 12.8 Å². The van der Waals surface area contributed by atoms with Crippen LogP contribution < -0.4 is 22.1 Å². The Balaban J connectivity index is 1.79. The summed E-state index contributed by atoms with van der Waals surface area (Å²) in [5.41, 5.74) is 13.2. The zero-order valence-electron chi connectivity index (χ0n) is 13.5. The highest BCUT2D eigenvalue weighted by Crippen LogP contribution is 2.42. The first-order valence-corrected chi connectivity index (χ1v) is 8.15. The van der Waals surface area contributed by atoms with Gasteiger partial charge in [0.1, 0.15) is 5.82 Å². The fraction of sp³-hybridized carbons (Fsp3) is 0.353. The molecule has 0 aliphatic heterocycles. The summed E-state index contributed by atoms with van der Waals surface area (Å²) in [6.07, 6.45) is 5.12. The van der Waals surface area contributed by atoms with Crippen molar-refractivity contribution >= 4 is 23.4 Å². The van der Waals surface area contributed by atoms with Crippen molar-refractivity contribution in [1.29, 1.82) is 0 Å². The van der Waals surface area contributed by atoms with Crippen LogP contribution in [0, 0.1) is 0 Å². The number of primary amides is 1. The minimum Gasteiger partial charge on any atom is -0.370 e. The molecule has 6 N–H and O–H groups in total. The summed E-state index contributed by atoms with van der Waals surface area (Å²) in [6.45, 7) is 1.42. The number of nitrogens with zero attached hydrogens (tertiary/aromatic N) is 2. The lowest BCUT2D eigenvalue weighted by atomic mass is 10.2. The number of carbonyl (C=O) groups excluding carboxylic acids is 1. The molecule has 7 nitrogen and oxygen atoms in total. The number of carbonyl (C=O) groups is 1. The molecule has 2 aromatic rings. The highest BCUT2D eigenvalue weighted by atomic mass is 16.1. The quantitative estimate of drug-likeness (QED) is 0.551. The first kappa shape index (κ1) is 16.2. The standard InChI is InChI=1S/C17H22N6O/c18-7-2-8-20-16-14(11-5-6-11)10-21-17(23-16)22-13-4-1-3-12(9-13)15(19)24/h1,3-4,9-11H,2,5-8,18H2,(H2,19,24)(H2,20,21,22,23). The Morgan fingerprint density at radius 3 is 2.88 bits per heavy atom. The Morgan fingerprint density at radius 1 is 1.33 bits per heavy atom. The van der Waals surface area contributed by atoms with Crippen molar-refractivity contribution in [2.75, 3.05) is 23.7 Å². The van der Waals surface area contributed by atoms with Crippen molar-refractivity contribution in [1.82, 2.24) is 9.97 Å². The molecule has 1 heterocycles. The maximum Gasteiger partial charge on any atom is 0.248 e. The average Bonchev–Trinajstić information content (AvgIpc) is 3.40. The molecule has 126 valence electrons. The van der Waals surface area contributed by atoms with Crippen molar-refractivity contribution in [2.45, 2.75) is 25.2 Å². The summed E-state index contributed by atoms with van der Waals surface area (Å²) in [6, 6.07) is 6.96. The van der Waals surface area contributed by atoms with Gasteiger partial charge in [-0.15, -0.1) is 0 Å². The lowest BCUT2D eigenvalue weighted by Gasteiger charge is -2.12. The third-order valence-electron chi connectivity index (χ3n) is 3.91. The first-order valence-electron chi connectivity index (χ1n) is 8.15. The molecular formula is C17H22N6O. The van der Waals surface area contributed by atoms with E-state index in [1.54, 1.807) is 18.2 Å². The number of anilines is 3. The van der Waals surface area contributed by atoms with Crippen LogP contribution in [0.2, 0.25) is 0 Å². The molecule has 0 unspecified atom stereocenters. The van der Waals surface area contributed by atoms with Gasteiger partial charge in [0.2, 0.25) is 11.9 Å². The second-order valence-electron chi connectivity index (χ2n) is 5.91. The highest BCUT2D eigenvalue weighted by molar-refractivity contribution is 5.93. The van der Waals surface area contributed by atoms with Gasteiger partial charge in [0.25, 0.3) is 0 Å². The van der Waals surface area contributed by atoms with E-state index in [9.17, 15) is 4.79 Å². The van der Waals surface area contributed by atoms with Crippen LogP contribution in [-0.4, -0.2) is 29.0 Å². The van der Waals surface area contributed by atoms with E-state index in [2.05, 4.69) is 20.6 Å². The van der Waals surface area contributed by atoms with Crippen LogP contribution in [0.5, 0.6) is 0 Å². The summed E-state index contributed by atoms with van der Waals surface area (Å²) >= 11 is 0. The van der Waals surface area contributed by atoms with Gasteiger partial charge in [-0.05, 0) is 49.9 Å². The maximum absolute atomic E-state index is 11.3. The Morgan fingerprint density at radius 2 is 2.17 bits per heavy atom. The van der Waals surface area contributed by atoms with Crippen LogP contribution in [-0.2, 0) is 0 Å². The number of rotatable bonds is 8. The molecule has 0 atom stereocenters. The average molecular weight is 326 g/mol. The second-order valence-corrected chi connectivity index (χ2v) is 5.91. The van der Waals surface area contributed by atoms with E-state index in [1.807, 2.05) is 12.3 Å². The number of aromatic nitrogens is 2. The lowest BCUT2D eigenvalue weighted by Crippen LogP contribution is -2.12. The summed E-state index contributed by atoms with van der Waals surface area (Å²) in [4.78, 5) is 20.3. The van der Waals surface area contributed by atoms with Crippen molar-refractivity contribution in [3.8, 4) is 0 Å². The normalized spacial score (nSPS) is 13.5. The monoisotopic (exact) mass is 326 g/mol. The minimum atomic E-state index is -0.465. The first-order chi connectivity index (χ1) is 11.7.